The van der Waals surface area contributed by atoms with Crippen LogP contribution in [0, 0.1) is 0 Å². The second-order valence-electron chi connectivity index (χ2n) is 3.35. The Kier molecular flexibility index (Phi) is 6.94. The fourth-order valence-corrected chi connectivity index (χ4v) is 1.61. The van der Waals surface area contributed by atoms with E-state index in [1.807, 2.05) is 0 Å². The Morgan fingerprint density at radius 3 is 2.31 bits per heavy atom. The summed E-state index contributed by atoms with van der Waals surface area (Å²) in [4.78, 5) is 10.5. The Balaban J connectivity index is 3.74. The SMILES string of the molecule is CC(=O)SCCCC(F)CC(F)(F)C(F)F. The molecule has 7 heteroatoms. The number of alkyl halides is 5. The average molecular weight is 264 g/mol. The van der Waals surface area contributed by atoms with Gasteiger partial charge >= 0.3 is 12.3 Å². The van der Waals surface area contributed by atoms with E-state index in [2.05, 4.69) is 0 Å². The van der Waals surface area contributed by atoms with E-state index in [4.69, 9.17) is 0 Å². The predicted molar refractivity (Wildman–Crippen MR) is 52.8 cm³/mol. The van der Waals surface area contributed by atoms with Gasteiger partial charge in [0.2, 0.25) is 0 Å². The van der Waals surface area contributed by atoms with Crippen LogP contribution in [0.2, 0.25) is 0 Å². The molecule has 0 saturated carbocycles. The standard InChI is InChI=1S/C9H13F5OS/c1-6(15)16-4-2-3-7(10)5-9(13,14)8(11)12/h7-8H,2-5H2,1H3. The maximum absolute atomic E-state index is 12.9. The molecule has 1 atom stereocenters. The number of carbonyl (C=O) groups excluding carboxylic acids is 1. The third kappa shape index (κ3) is 7.03. The normalized spacial score (nSPS) is 14.2. The molecule has 0 bridgehead atoms. The monoisotopic (exact) mass is 264 g/mol. The summed E-state index contributed by atoms with van der Waals surface area (Å²) in [6.45, 7) is 1.34. The molecular formula is C9H13F5OS. The average Bonchev–Trinajstić information content (AvgIpc) is 2.11. The first kappa shape index (κ1) is 15.7. The molecule has 0 fully saturated rings. The molecule has 0 rings (SSSR count). The number of rotatable bonds is 7. The second-order valence-corrected chi connectivity index (χ2v) is 4.62. The van der Waals surface area contributed by atoms with Gasteiger partial charge in [-0.1, -0.05) is 11.8 Å². The Morgan fingerprint density at radius 1 is 1.31 bits per heavy atom. The van der Waals surface area contributed by atoms with Gasteiger partial charge in [0.05, 0.1) is 0 Å². The minimum absolute atomic E-state index is 0.145. The van der Waals surface area contributed by atoms with E-state index < -0.39 is 24.9 Å². The third-order valence-electron chi connectivity index (χ3n) is 1.78. The van der Waals surface area contributed by atoms with Crippen molar-refractivity contribution in [2.24, 2.45) is 0 Å². The van der Waals surface area contributed by atoms with Crippen molar-refractivity contribution in [2.45, 2.75) is 44.7 Å². The summed E-state index contributed by atoms with van der Waals surface area (Å²) in [5.74, 6) is -3.96. The third-order valence-corrected chi connectivity index (χ3v) is 2.68. The van der Waals surface area contributed by atoms with Crippen molar-refractivity contribution in [3.05, 3.63) is 0 Å². The van der Waals surface area contributed by atoms with Crippen LogP contribution in [0.5, 0.6) is 0 Å². The summed E-state index contributed by atoms with van der Waals surface area (Å²) in [7, 11) is 0. The molecule has 0 aliphatic carbocycles. The van der Waals surface area contributed by atoms with Gasteiger partial charge in [0.15, 0.2) is 5.12 Å². The van der Waals surface area contributed by atoms with E-state index in [0.717, 1.165) is 11.8 Å². The molecule has 0 aliphatic rings. The summed E-state index contributed by atoms with van der Waals surface area (Å²) in [6, 6.07) is 0. The first-order chi connectivity index (χ1) is 7.25. The maximum Gasteiger partial charge on any atom is 0.310 e. The molecular weight excluding hydrogens is 251 g/mol. The van der Waals surface area contributed by atoms with E-state index >= 15 is 0 Å². The van der Waals surface area contributed by atoms with Gasteiger partial charge in [0.1, 0.15) is 6.17 Å². The highest BCUT2D eigenvalue weighted by Crippen LogP contribution is 2.30. The molecule has 0 spiro atoms. The number of thioether (sulfide) groups is 1. The molecule has 16 heavy (non-hydrogen) atoms. The summed E-state index contributed by atoms with van der Waals surface area (Å²) in [5.41, 5.74) is 0. The molecule has 1 nitrogen and oxygen atoms in total. The van der Waals surface area contributed by atoms with Crippen LogP contribution >= 0.6 is 11.8 Å². The van der Waals surface area contributed by atoms with Gasteiger partial charge in [-0.05, 0) is 12.8 Å². The van der Waals surface area contributed by atoms with Crippen LogP contribution in [0.1, 0.15) is 26.2 Å². The Labute approximate surface area is 94.8 Å². The summed E-state index contributed by atoms with van der Waals surface area (Å²) < 4.78 is 61.0. The first-order valence-corrected chi connectivity index (χ1v) is 5.67. The lowest BCUT2D eigenvalue weighted by Crippen LogP contribution is -2.30. The molecule has 0 aliphatic heterocycles. The smallest absolute Gasteiger partial charge is 0.288 e. The van der Waals surface area contributed by atoms with Gasteiger partial charge in [-0.2, -0.15) is 0 Å². The van der Waals surface area contributed by atoms with Crippen molar-refractivity contribution >= 4 is 16.9 Å². The molecule has 0 aromatic heterocycles. The number of carbonyl (C=O) groups is 1. The van der Waals surface area contributed by atoms with Crippen LogP contribution in [0.4, 0.5) is 22.0 Å². The van der Waals surface area contributed by atoms with E-state index in [1.165, 1.54) is 6.92 Å². The van der Waals surface area contributed by atoms with Gasteiger partial charge in [0.25, 0.3) is 0 Å². The van der Waals surface area contributed by atoms with E-state index in [9.17, 15) is 26.7 Å². The Bertz CT molecular complexity index is 222. The van der Waals surface area contributed by atoms with Crippen LogP contribution < -0.4 is 0 Å². The minimum Gasteiger partial charge on any atom is -0.288 e. The topological polar surface area (TPSA) is 17.1 Å². The zero-order valence-electron chi connectivity index (χ0n) is 8.69. The maximum atomic E-state index is 12.9. The zero-order valence-corrected chi connectivity index (χ0v) is 9.51. The van der Waals surface area contributed by atoms with Crippen molar-refractivity contribution in [2.75, 3.05) is 5.75 Å². The fraction of sp³-hybridized carbons (Fsp3) is 0.889. The summed E-state index contributed by atoms with van der Waals surface area (Å²) in [5, 5.41) is -0.145. The van der Waals surface area contributed by atoms with Gasteiger partial charge in [-0.3, -0.25) is 4.79 Å². The van der Waals surface area contributed by atoms with E-state index in [-0.39, 0.29) is 18.0 Å². The lowest BCUT2D eigenvalue weighted by molar-refractivity contribution is -0.142. The highest BCUT2D eigenvalue weighted by Gasteiger charge is 2.42. The Hall–Kier alpha value is -0.330. The highest BCUT2D eigenvalue weighted by molar-refractivity contribution is 8.13. The molecule has 0 radical (unpaired) electrons. The predicted octanol–water partition coefficient (Wildman–Crippen LogP) is 3.67. The van der Waals surface area contributed by atoms with Gasteiger partial charge < -0.3 is 0 Å². The quantitative estimate of drug-likeness (QED) is 0.515. The van der Waals surface area contributed by atoms with Crippen molar-refractivity contribution in [1.82, 2.24) is 0 Å². The van der Waals surface area contributed by atoms with Crippen molar-refractivity contribution in [3.63, 3.8) is 0 Å². The van der Waals surface area contributed by atoms with Crippen LogP contribution in [0.3, 0.4) is 0 Å². The van der Waals surface area contributed by atoms with Crippen LogP contribution in [0.25, 0.3) is 0 Å². The Morgan fingerprint density at radius 2 is 1.88 bits per heavy atom. The lowest BCUT2D eigenvalue weighted by atomic mass is 10.1. The molecule has 0 saturated heterocycles. The van der Waals surface area contributed by atoms with Gasteiger partial charge in [-0.15, -0.1) is 0 Å². The van der Waals surface area contributed by atoms with Crippen molar-refractivity contribution in [1.29, 1.82) is 0 Å². The highest BCUT2D eigenvalue weighted by atomic mass is 32.2. The van der Waals surface area contributed by atoms with E-state index in [1.54, 1.807) is 0 Å². The molecule has 0 amide bonds. The molecule has 0 aromatic rings. The first-order valence-electron chi connectivity index (χ1n) is 4.69. The number of hydrogen-bond acceptors (Lipinski definition) is 2. The second kappa shape index (κ2) is 7.09. The van der Waals surface area contributed by atoms with Crippen molar-refractivity contribution in [3.8, 4) is 0 Å². The molecule has 0 aromatic carbocycles. The molecule has 0 heterocycles. The van der Waals surface area contributed by atoms with Crippen LogP contribution in [-0.4, -0.2) is 29.4 Å². The van der Waals surface area contributed by atoms with Gasteiger partial charge in [0, 0.05) is 19.1 Å². The van der Waals surface area contributed by atoms with Crippen LogP contribution in [-0.2, 0) is 4.79 Å². The summed E-state index contributed by atoms with van der Waals surface area (Å²) >= 11 is 0.956. The van der Waals surface area contributed by atoms with E-state index in [0.29, 0.717) is 5.75 Å². The van der Waals surface area contributed by atoms with Crippen LogP contribution in [0.15, 0.2) is 0 Å². The zero-order chi connectivity index (χ0) is 12.8. The summed E-state index contributed by atoms with van der Waals surface area (Å²) in [6.07, 6.45) is -7.28. The lowest BCUT2D eigenvalue weighted by Gasteiger charge is -2.17. The number of halogens is 5. The number of hydrogen-bond donors (Lipinski definition) is 0. The van der Waals surface area contributed by atoms with Gasteiger partial charge in [-0.25, -0.2) is 22.0 Å². The fourth-order valence-electron chi connectivity index (χ4n) is 1.01. The molecule has 96 valence electrons. The minimum atomic E-state index is -4.27. The van der Waals surface area contributed by atoms with Crippen molar-refractivity contribution < 1.29 is 26.7 Å². The largest absolute Gasteiger partial charge is 0.310 e. The molecule has 1 unspecified atom stereocenters. The molecule has 0 N–H and O–H groups in total.